The summed E-state index contributed by atoms with van der Waals surface area (Å²) in [7, 11) is 0. The molecule has 2 heterocycles. The van der Waals surface area contributed by atoms with Crippen molar-refractivity contribution in [2.75, 3.05) is 5.32 Å². The van der Waals surface area contributed by atoms with Crippen LogP contribution in [0.3, 0.4) is 0 Å². The van der Waals surface area contributed by atoms with Gasteiger partial charge in [-0.05, 0) is 36.1 Å². The molecule has 2 N–H and O–H groups in total. The first-order chi connectivity index (χ1) is 13.0. The number of aryl methyl sites for hydroxylation is 1. The second-order valence-corrected chi connectivity index (χ2v) is 7.49. The second-order valence-electron chi connectivity index (χ2n) is 7.49. The average Bonchev–Trinajstić information content (AvgIpc) is 2.96. The fourth-order valence-corrected chi connectivity index (χ4v) is 4.78. The maximum absolute atomic E-state index is 13.5. The van der Waals surface area contributed by atoms with Gasteiger partial charge < -0.3 is 10.6 Å². The van der Waals surface area contributed by atoms with Crippen LogP contribution in [0.25, 0.3) is 0 Å². The van der Waals surface area contributed by atoms with Gasteiger partial charge in [0.05, 0.1) is 6.04 Å². The van der Waals surface area contributed by atoms with Crippen LogP contribution in [0.1, 0.15) is 42.4 Å². The standard InChI is InChI=1S/C23H24N2O2/c1-4-14(2)21-23(17-11-7-8-12-19(17)24-22(23)27)18(13-20(26)25-21)16-10-6-5-9-15(16)3/h5-12,18,21H,2,4,13H2,1,3H3,(H,24,27)(H,25,26). The second kappa shape index (κ2) is 6.38. The summed E-state index contributed by atoms with van der Waals surface area (Å²) in [6.45, 7) is 8.27. The zero-order valence-electron chi connectivity index (χ0n) is 15.7. The summed E-state index contributed by atoms with van der Waals surface area (Å²) in [5, 5.41) is 6.16. The van der Waals surface area contributed by atoms with Crippen LogP contribution in [0.5, 0.6) is 0 Å². The van der Waals surface area contributed by atoms with Gasteiger partial charge >= 0.3 is 0 Å². The van der Waals surface area contributed by atoms with E-state index in [0.29, 0.717) is 6.42 Å². The number of fused-ring (bicyclic) bond motifs is 2. The number of anilines is 1. The monoisotopic (exact) mass is 360 g/mol. The highest BCUT2D eigenvalue weighted by Gasteiger charge is 2.61. The van der Waals surface area contributed by atoms with Gasteiger partial charge in [-0.15, -0.1) is 0 Å². The average molecular weight is 360 g/mol. The molecule has 2 aromatic rings. The van der Waals surface area contributed by atoms with E-state index in [1.54, 1.807) is 0 Å². The summed E-state index contributed by atoms with van der Waals surface area (Å²) >= 11 is 0. The van der Waals surface area contributed by atoms with Crippen molar-refractivity contribution in [3.8, 4) is 0 Å². The Hall–Kier alpha value is -2.88. The highest BCUT2D eigenvalue weighted by Crippen LogP contribution is 2.54. The Labute approximate surface area is 159 Å². The van der Waals surface area contributed by atoms with Crippen molar-refractivity contribution in [3.05, 3.63) is 77.4 Å². The SMILES string of the molecule is C=C(CC)C1NC(=O)CC(c2ccccc2C)C12C(=O)Nc1ccccc12. The van der Waals surface area contributed by atoms with Crippen molar-refractivity contribution in [1.82, 2.24) is 5.32 Å². The molecule has 0 saturated carbocycles. The molecule has 0 radical (unpaired) electrons. The van der Waals surface area contributed by atoms with Gasteiger partial charge in [0, 0.05) is 18.0 Å². The van der Waals surface area contributed by atoms with E-state index in [0.717, 1.165) is 28.0 Å². The van der Waals surface area contributed by atoms with Gasteiger partial charge in [0.2, 0.25) is 11.8 Å². The Bertz CT molecular complexity index is 949. The quantitative estimate of drug-likeness (QED) is 0.818. The highest BCUT2D eigenvalue weighted by atomic mass is 16.2. The molecular formula is C23H24N2O2. The largest absolute Gasteiger partial charge is 0.348 e. The van der Waals surface area contributed by atoms with Crippen LogP contribution in [-0.4, -0.2) is 17.9 Å². The zero-order chi connectivity index (χ0) is 19.2. The molecule has 1 spiro atoms. The highest BCUT2D eigenvalue weighted by molar-refractivity contribution is 6.09. The minimum atomic E-state index is -0.885. The number of piperidine rings is 1. The molecule has 2 aliphatic heterocycles. The minimum Gasteiger partial charge on any atom is -0.348 e. The topological polar surface area (TPSA) is 58.2 Å². The molecule has 27 heavy (non-hydrogen) atoms. The van der Waals surface area contributed by atoms with Crippen LogP contribution in [0.15, 0.2) is 60.7 Å². The summed E-state index contributed by atoms with van der Waals surface area (Å²) in [5.41, 5.74) is 3.90. The predicted molar refractivity (Wildman–Crippen MR) is 107 cm³/mol. The first-order valence-electron chi connectivity index (χ1n) is 9.43. The van der Waals surface area contributed by atoms with Crippen molar-refractivity contribution in [2.45, 2.75) is 44.1 Å². The van der Waals surface area contributed by atoms with Gasteiger partial charge in [-0.25, -0.2) is 0 Å². The lowest BCUT2D eigenvalue weighted by atomic mass is 9.58. The first-order valence-corrected chi connectivity index (χ1v) is 9.43. The molecule has 4 nitrogen and oxygen atoms in total. The lowest BCUT2D eigenvalue weighted by Gasteiger charge is -2.47. The van der Waals surface area contributed by atoms with Gasteiger partial charge in [0.15, 0.2) is 0 Å². The van der Waals surface area contributed by atoms with Gasteiger partial charge in [0.1, 0.15) is 5.41 Å². The van der Waals surface area contributed by atoms with Crippen LogP contribution in [0.2, 0.25) is 0 Å². The number of hydrogen-bond acceptors (Lipinski definition) is 2. The Morgan fingerprint density at radius 1 is 1.15 bits per heavy atom. The van der Waals surface area contributed by atoms with Crippen molar-refractivity contribution in [1.29, 1.82) is 0 Å². The Balaban J connectivity index is 2.02. The van der Waals surface area contributed by atoms with Crippen LogP contribution in [0, 0.1) is 6.92 Å². The van der Waals surface area contributed by atoms with E-state index < -0.39 is 11.5 Å². The number of carbonyl (C=O) groups is 2. The van der Waals surface area contributed by atoms with E-state index in [4.69, 9.17) is 0 Å². The Morgan fingerprint density at radius 3 is 2.59 bits per heavy atom. The van der Waals surface area contributed by atoms with Crippen LogP contribution < -0.4 is 10.6 Å². The van der Waals surface area contributed by atoms with Gasteiger partial charge in [0.25, 0.3) is 0 Å². The van der Waals surface area contributed by atoms with E-state index in [2.05, 4.69) is 17.2 Å². The maximum Gasteiger partial charge on any atom is 0.238 e. The summed E-state index contributed by atoms with van der Waals surface area (Å²) in [5.74, 6) is -0.341. The summed E-state index contributed by atoms with van der Waals surface area (Å²) in [6, 6.07) is 15.4. The number of carbonyl (C=O) groups excluding carboxylic acids is 2. The van der Waals surface area contributed by atoms with Crippen molar-refractivity contribution in [2.24, 2.45) is 0 Å². The summed E-state index contributed by atoms with van der Waals surface area (Å²) in [4.78, 5) is 26.2. The fraction of sp³-hybridized carbons (Fsp3) is 0.304. The van der Waals surface area contributed by atoms with Crippen LogP contribution in [0.4, 0.5) is 5.69 Å². The lowest BCUT2D eigenvalue weighted by Crippen LogP contribution is -2.62. The number of rotatable bonds is 3. The number of para-hydroxylation sites is 1. The van der Waals surface area contributed by atoms with E-state index in [9.17, 15) is 9.59 Å². The molecule has 1 fully saturated rings. The molecule has 0 aliphatic carbocycles. The lowest BCUT2D eigenvalue weighted by molar-refractivity contribution is -0.130. The van der Waals surface area contributed by atoms with Gasteiger partial charge in [-0.3, -0.25) is 9.59 Å². The molecule has 2 aromatic carbocycles. The van der Waals surface area contributed by atoms with E-state index in [-0.39, 0.29) is 24.2 Å². The van der Waals surface area contributed by atoms with Crippen molar-refractivity contribution in [3.63, 3.8) is 0 Å². The molecule has 0 bridgehead atoms. The summed E-state index contributed by atoms with van der Waals surface area (Å²) in [6.07, 6.45) is 0.975. The Kier molecular flexibility index (Phi) is 4.14. The fourth-order valence-electron chi connectivity index (χ4n) is 4.78. The normalized spacial score (nSPS) is 26.4. The number of nitrogens with one attached hydrogen (secondary N) is 2. The Morgan fingerprint density at radius 2 is 1.85 bits per heavy atom. The van der Waals surface area contributed by atoms with Crippen molar-refractivity contribution >= 4 is 17.5 Å². The van der Waals surface area contributed by atoms with Crippen LogP contribution in [-0.2, 0) is 15.0 Å². The first kappa shape index (κ1) is 17.5. The molecule has 138 valence electrons. The third-order valence-corrected chi connectivity index (χ3v) is 6.12. The predicted octanol–water partition coefficient (Wildman–Crippen LogP) is 3.82. The summed E-state index contributed by atoms with van der Waals surface area (Å²) < 4.78 is 0. The van der Waals surface area contributed by atoms with E-state index in [1.165, 1.54) is 0 Å². The van der Waals surface area contributed by atoms with E-state index >= 15 is 0 Å². The molecule has 4 rings (SSSR count). The number of hydrogen-bond donors (Lipinski definition) is 2. The molecule has 1 saturated heterocycles. The van der Waals surface area contributed by atoms with E-state index in [1.807, 2.05) is 62.4 Å². The number of benzene rings is 2. The smallest absolute Gasteiger partial charge is 0.238 e. The van der Waals surface area contributed by atoms with Gasteiger partial charge in [-0.1, -0.05) is 61.5 Å². The van der Waals surface area contributed by atoms with Gasteiger partial charge in [-0.2, -0.15) is 0 Å². The maximum atomic E-state index is 13.5. The molecule has 4 heteroatoms. The minimum absolute atomic E-state index is 0.0364. The third kappa shape index (κ3) is 2.43. The molecule has 3 unspecified atom stereocenters. The van der Waals surface area contributed by atoms with Crippen molar-refractivity contribution < 1.29 is 9.59 Å². The molecule has 3 atom stereocenters. The molecular weight excluding hydrogens is 336 g/mol. The van der Waals surface area contributed by atoms with Crippen LogP contribution >= 0.6 is 0 Å². The molecule has 2 aliphatic rings. The number of amides is 2. The zero-order valence-corrected chi connectivity index (χ0v) is 15.7. The third-order valence-electron chi connectivity index (χ3n) is 6.12. The molecule has 2 amide bonds. The molecule has 0 aromatic heterocycles.